The second kappa shape index (κ2) is 5.80. The molecule has 0 bridgehead atoms. The Balaban J connectivity index is 1.70. The van der Waals surface area contributed by atoms with Crippen molar-refractivity contribution in [3.8, 4) is 0 Å². The molecule has 2 amide bonds. The van der Waals surface area contributed by atoms with Crippen LogP contribution in [-0.2, 0) is 20.7 Å². The highest BCUT2D eigenvalue weighted by Crippen LogP contribution is 2.23. The van der Waals surface area contributed by atoms with Gasteiger partial charge in [0.2, 0.25) is 17.8 Å². The van der Waals surface area contributed by atoms with E-state index in [1.165, 1.54) is 4.68 Å². The van der Waals surface area contributed by atoms with E-state index in [2.05, 4.69) is 20.7 Å². The zero-order chi connectivity index (χ0) is 14.8. The highest BCUT2D eigenvalue weighted by atomic mass is 16.5. The third-order valence-corrected chi connectivity index (χ3v) is 3.75. The van der Waals surface area contributed by atoms with Gasteiger partial charge in [0, 0.05) is 19.6 Å². The van der Waals surface area contributed by atoms with Gasteiger partial charge in [-0.3, -0.25) is 14.9 Å². The summed E-state index contributed by atoms with van der Waals surface area (Å²) in [5.74, 6) is 0.536. The van der Waals surface area contributed by atoms with Gasteiger partial charge >= 0.3 is 0 Å². The van der Waals surface area contributed by atoms with Crippen molar-refractivity contribution >= 4 is 17.8 Å². The molecule has 2 aliphatic heterocycles. The number of amides is 2. The first-order valence-corrected chi connectivity index (χ1v) is 7.32. The lowest BCUT2D eigenvalue weighted by Gasteiger charge is -2.23. The Morgan fingerprint density at radius 3 is 3.14 bits per heavy atom. The fraction of sp³-hybridized carbons (Fsp3) is 0.692. The predicted molar refractivity (Wildman–Crippen MR) is 73.7 cm³/mol. The minimum Gasteiger partial charge on any atom is -0.376 e. The average molecular weight is 293 g/mol. The number of anilines is 1. The monoisotopic (exact) mass is 293 g/mol. The summed E-state index contributed by atoms with van der Waals surface area (Å²) in [6.45, 7) is 3.15. The van der Waals surface area contributed by atoms with E-state index in [0.717, 1.165) is 19.4 Å². The van der Waals surface area contributed by atoms with Gasteiger partial charge in [0.05, 0.1) is 12.5 Å². The Bertz CT molecular complexity index is 550. The highest BCUT2D eigenvalue weighted by Gasteiger charge is 2.33. The lowest BCUT2D eigenvalue weighted by molar-refractivity contribution is -0.129. The van der Waals surface area contributed by atoms with Crippen LogP contribution in [0.15, 0.2) is 0 Å². The number of carbonyl (C=O) groups excluding carboxylic acids is 2. The molecule has 2 atom stereocenters. The van der Waals surface area contributed by atoms with Gasteiger partial charge in [-0.1, -0.05) is 6.92 Å². The van der Waals surface area contributed by atoms with Crippen LogP contribution in [0, 0.1) is 0 Å². The van der Waals surface area contributed by atoms with Gasteiger partial charge in [-0.2, -0.15) is 10.1 Å². The highest BCUT2D eigenvalue weighted by molar-refractivity contribution is 5.96. The van der Waals surface area contributed by atoms with Crippen molar-refractivity contribution in [2.24, 2.45) is 0 Å². The summed E-state index contributed by atoms with van der Waals surface area (Å²) >= 11 is 0. The van der Waals surface area contributed by atoms with Crippen LogP contribution in [0.2, 0.25) is 0 Å². The molecule has 2 unspecified atom stereocenters. The van der Waals surface area contributed by atoms with E-state index in [0.29, 0.717) is 24.7 Å². The molecule has 1 aromatic heterocycles. The van der Waals surface area contributed by atoms with Crippen LogP contribution in [0.1, 0.15) is 38.1 Å². The molecule has 1 aromatic rings. The standard InChI is InChI=1S/C13H19N5O3/c1-2-10-15-13-16-11(19)6-9(18(13)17-10)12(20)14-7-8-4-3-5-21-8/h8-9H,2-7H2,1H3,(H,14,20)(H,15,16,17,19). The Morgan fingerprint density at radius 1 is 1.57 bits per heavy atom. The van der Waals surface area contributed by atoms with E-state index in [-0.39, 0.29) is 24.3 Å². The number of ether oxygens (including phenoxy) is 1. The second-order valence-corrected chi connectivity index (χ2v) is 5.30. The molecular formula is C13H19N5O3. The van der Waals surface area contributed by atoms with E-state index >= 15 is 0 Å². The first-order valence-electron chi connectivity index (χ1n) is 7.32. The van der Waals surface area contributed by atoms with Gasteiger partial charge in [0.25, 0.3) is 0 Å². The normalized spacial score (nSPS) is 24.5. The molecule has 3 heterocycles. The van der Waals surface area contributed by atoms with E-state index in [4.69, 9.17) is 4.74 Å². The van der Waals surface area contributed by atoms with E-state index < -0.39 is 6.04 Å². The fourth-order valence-corrected chi connectivity index (χ4v) is 2.60. The molecule has 3 rings (SSSR count). The number of hydrogen-bond acceptors (Lipinski definition) is 5. The van der Waals surface area contributed by atoms with Crippen molar-refractivity contribution in [2.75, 3.05) is 18.5 Å². The van der Waals surface area contributed by atoms with E-state index in [1.807, 2.05) is 6.92 Å². The topological polar surface area (TPSA) is 98.1 Å². The van der Waals surface area contributed by atoms with Crippen molar-refractivity contribution < 1.29 is 14.3 Å². The molecular weight excluding hydrogens is 274 g/mol. The maximum atomic E-state index is 12.3. The maximum Gasteiger partial charge on any atom is 0.245 e. The number of hydrogen-bond donors (Lipinski definition) is 2. The second-order valence-electron chi connectivity index (χ2n) is 5.30. The summed E-state index contributed by atoms with van der Waals surface area (Å²) in [6.07, 6.45) is 2.80. The molecule has 0 radical (unpaired) electrons. The zero-order valence-corrected chi connectivity index (χ0v) is 12.0. The lowest BCUT2D eigenvalue weighted by Crippen LogP contribution is -2.41. The molecule has 2 N–H and O–H groups in total. The zero-order valence-electron chi connectivity index (χ0n) is 12.0. The summed E-state index contributed by atoms with van der Waals surface area (Å²) in [5.41, 5.74) is 0. The van der Waals surface area contributed by atoms with E-state index in [9.17, 15) is 9.59 Å². The molecule has 8 heteroatoms. The van der Waals surface area contributed by atoms with Crippen molar-refractivity contribution in [2.45, 2.75) is 44.8 Å². The minimum atomic E-state index is -0.636. The smallest absolute Gasteiger partial charge is 0.245 e. The van der Waals surface area contributed by atoms with Crippen molar-refractivity contribution in [3.05, 3.63) is 5.82 Å². The summed E-state index contributed by atoms with van der Waals surface area (Å²) in [6, 6.07) is -0.636. The van der Waals surface area contributed by atoms with Crippen LogP contribution >= 0.6 is 0 Å². The first kappa shape index (κ1) is 14.0. The van der Waals surface area contributed by atoms with Gasteiger partial charge in [0.1, 0.15) is 6.04 Å². The Kier molecular flexibility index (Phi) is 3.87. The molecule has 2 aliphatic rings. The van der Waals surface area contributed by atoms with Gasteiger partial charge in [-0.05, 0) is 12.8 Å². The Morgan fingerprint density at radius 2 is 2.43 bits per heavy atom. The summed E-state index contributed by atoms with van der Waals surface area (Å²) < 4.78 is 6.98. The van der Waals surface area contributed by atoms with Gasteiger partial charge in [-0.25, -0.2) is 4.68 Å². The minimum absolute atomic E-state index is 0.0767. The summed E-state index contributed by atoms with van der Waals surface area (Å²) in [5, 5.41) is 9.78. The van der Waals surface area contributed by atoms with Gasteiger partial charge in [0.15, 0.2) is 5.82 Å². The molecule has 0 saturated carbocycles. The molecule has 1 saturated heterocycles. The molecule has 0 aliphatic carbocycles. The number of nitrogens with one attached hydrogen (secondary N) is 2. The molecule has 0 spiro atoms. The number of rotatable bonds is 4. The molecule has 1 fully saturated rings. The van der Waals surface area contributed by atoms with Gasteiger partial charge < -0.3 is 10.1 Å². The van der Waals surface area contributed by atoms with Gasteiger partial charge in [-0.15, -0.1) is 0 Å². The largest absolute Gasteiger partial charge is 0.376 e. The van der Waals surface area contributed by atoms with Crippen LogP contribution < -0.4 is 10.6 Å². The predicted octanol–water partition coefficient (Wildman–Crippen LogP) is 0.0190. The lowest BCUT2D eigenvalue weighted by atomic mass is 10.1. The third-order valence-electron chi connectivity index (χ3n) is 3.75. The number of fused-ring (bicyclic) bond motifs is 1. The van der Waals surface area contributed by atoms with E-state index in [1.54, 1.807) is 0 Å². The Hall–Kier alpha value is -1.96. The SMILES string of the molecule is CCc1nc2n(n1)C(C(=O)NCC1CCCO1)CC(=O)N2. The van der Waals surface area contributed by atoms with Crippen LogP contribution in [0.4, 0.5) is 5.95 Å². The Labute approximate surface area is 122 Å². The number of nitrogens with zero attached hydrogens (tertiary/aromatic N) is 3. The molecule has 0 aromatic carbocycles. The van der Waals surface area contributed by atoms with Crippen molar-refractivity contribution in [1.82, 2.24) is 20.1 Å². The number of aryl methyl sites for hydroxylation is 1. The number of carbonyl (C=O) groups is 2. The van der Waals surface area contributed by atoms with Crippen LogP contribution in [-0.4, -0.2) is 45.8 Å². The van der Waals surface area contributed by atoms with Crippen LogP contribution in [0.25, 0.3) is 0 Å². The van der Waals surface area contributed by atoms with Crippen molar-refractivity contribution in [1.29, 1.82) is 0 Å². The third kappa shape index (κ3) is 2.90. The van der Waals surface area contributed by atoms with Crippen LogP contribution in [0.5, 0.6) is 0 Å². The fourth-order valence-electron chi connectivity index (χ4n) is 2.60. The van der Waals surface area contributed by atoms with Crippen LogP contribution in [0.3, 0.4) is 0 Å². The molecule has 114 valence electrons. The molecule has 21 heavy (non-hydrogen) atoms. The molecule has 8 nitrogen and oxygen atoms in total. The summed E-state index contributed by atoms with van der Waals surface area (Å²) in [4.78, 5) is 28.2. The quantitative estimate of drug-likeness (QED) is 0.815. The summed E-state index contributed by atoms with van der Waals surface area (Å²) in [7, 11) is 0. The van der Waals surface area contributed by atoms with Crippen molar-refractivity contribution in [3.63, 3.8) is 0 Å². The first-order chi connectivity index (χ1) is 10.2. The number of aromatic nitrogens is 3. The average Bonchev–Trinajstić information content (AvgIpc) is 3.12. The maximum absolute atomic E-state index is 12.3.